The SMILES string of the molecule is CCC1(CC)CC(Nc2c(C)cccc2C(=O)O)CCO1. The zero-order chi connectivity index (χ0) is 15.5. The number of anilines is 1. The number of benzene rings is 1. The quantitative estimate of drug-likeness (QED) is 0.865. The molecule has 1 fully saturated rings. The predicted molar refractivity (Wildman–Crippen MR) is 84.0 cm³/mol. The van der Waals surface area contributed by atoms with Crippen LogP contribution in [-0.4, -0.2) is 29.3 Å². The highest BCUT2D eigenvalue weighted by Gasteiger charge is 2.34. The summed E-state index contributed by atoms with van der Waals surface area (Å²) in [6.07, 6.45) is 3.81. The molecule has 0 spiro atoms. The molecular formula is C17H25NO3. The van der Waals surface area contributed by atoms with Gasteiger partial charge >= 0.3 is 5.97 Å². The van der Waals surface area contributed by atoms with Gasteiger partial charge in [-0.15, -0.1) is 0 Å². The molecule has 0 saturated carbocycles. The van der Waals surface area contributed by atoms with E-state index in [-0.39, 0.29) is 11.6 Å². The third-order valence-electron chi connectivity index (χ3n) is 4.63. The Morgan fingerprint density at radius 3 is 2.76 bits per heavy atom. The number of aromatic carboxylic acids is 1. The molecule has 2 rings (SSSR count). The molecule has 1 aromatic rings. The van der Waals surface area contributed by atoms with Gasteiger partial charge in [-0.2, -0.15) is 0 Å². The van der Waals surface area contributed by atoms with Crippen LogP contribution in [0, 0.1) is 6.92 Å². The largest absolute Gasteiger partial charge is 0.478 e. The van der Waals surface area contributed by atoms with E-state index in [9.17, 15) is 9.90 Å². The van der Waals surface area contributed by atoms with Crippen LogP contribution in [0.3, 0.4) is 0 Å². The minimum absolute atomic E-state index is 0.0675. The molecule has 0 amide bonds. The van der Waals surface area contributed by atoms with Crippen molar-refractivity contribution in [2.75, 3.05) is 11.9 Å². The van der Waals surface area contributed by atoms with Crippen molar-refractivity contribution in [1.29, 1.82) is 0 Å². The fraction of sp³-hybridized carbons (Fsp3) is 0.588. The summed E-state index contributed by atoms with van der Waals surface area (Å²) in [6.45, 7) is 6.99. The number of nitrogens with one attached hydrogen (secondary N) is 1. The molecule has 1 aromatic carbocycles. The average Bonchev–Trinajstić information content (AvgIpc) is 2.49. The number of para-hydroxylation sites is 1. The van der Waals surface area contributed by atoms with Crippen molar-refractivity contribution in [2.24, 2.45) is 0 Å². The van der Waals surface area contributed by atoms with E-state index < -0.39 is 5.97 Å². The number of aryl methyl sites for hydroxylation is 1. The van der Waals surface area contributed by atoms with E-state index in [1.54, 1.807) is 12.1 Å². The van der Waals surface area contributed by atoms with Gasteiger partial charge in [-0.3, -0.25) is 0 Å². The number of ether oxygens (including phenoxy) is 1. The Labute approximate surface area is 126 Å². The van der Waals surface area contributed by atoms with E-state index in [1.165, 1.54) is 0 Å². The van der Waals surface area contributed by atoms with E-state index in [1.807, 2.05) is 13.0 Å². The molecule has 4 nitrogen and oxygen atoms in total. The van der Waals surface area contributed by atoms with Crippen LogP contribution in [0.2, 0.25) is 0 Å². The first-order valence-corrected chi connectivity index (χ1v) is 7.74. The van der Waals surface area contributed by atoms with Crippen LogP contribution in [0.5, 0.6) is 0 Å². The highest BCUT2D eigenvalue weighted by atomic mass is 16.5. The third-order valence-corrected chi connectivity index (χ3v) is 4.63. The van der Waals surface area contributed by atoms with Crippen LogP contribution in [-0.2, 0) is 4.74 Å². The van der Waals surface area contributed by atoms with Crippen LogP contribution in [0.1, 0.15) is 55.5 Å². The molecule has 0 bridgehead atoms. The van der Waals surface area contributed by atoms with E-state index in [0.29, 0.717) is 5.56 Å². The zero-order valence-electron chi connectivity index (χ0n) is 13.1. The number of carboxylic acid groups (broad SMARTS) is 1. The van der Waals surface area contributed by atoms with Crippen LogP contribution >= 0.6 is 0 Å². The number of hydrogen-bond donors (Lipinski definition) is 2. The fourth-order valence-corrected chi connectivity index (χ4v) is 3.14. The lowest BCUT2D eigenvalue weighted by atomic mass is 9.85. The Balaban J connectivity index is 2.20. The van der Waals surface area contributed by atoms with Crippen LogP contribution < -0.4 is 5.32 Å². The molecule has 0 radical (unpaired) electrons. The lowest BCUT2D eigenvalue weighted by Crippen LogP contribution is -2.43. The molecule has 0 aromatic heterocycles. The summed E-state index contributed by atoms with van der Waals surface area (Å²) in [7, 11) is 0. The third kappa shape index (κ3) is 3.38. The van der Waals surface area contributed by atoms with Crippen molar-refractivity contribution < 1.29 is 14.6 Å². The molecule has 1 heterocycles. The van der Waals surface area contributed by atoms with Crippen molar-refractivity contribution in [1.82, 2.24) is 0 Å². The van der Waals surface area contributed by atoms with Crippen molar-refractivity contribution in [3.05, 3.63) is 29.3 Å². The maximum absolute atomic E-state index is 11.4. The van der Waals surface area contributed by atoms with Crippen molar-refractivity contribution in [3.63, 3.8) is 0 Å². The summed E-state index contributed by atoms with van der Waals surface area (Å²) in [4.78, 5) is 11.4. The Kier molecular flexibility index (Phi) is 4.88. The molecule has 1 aliphatic heterocycles. The second kappa shape index (κ2) is 6.48. The summed E-state index contributed by atoms with van der Waals surface area (Å²) >= 11 is 0. The van der Waals surface area contributed by atoms with Gasteiger partial charge in [0.25, 0.3) is 0 Å². The van der Waals surface area contributed by atoms with Gasteiger partial charge in [0, 0.05) is 12.6 Å². The molecule has 1 atom stereocenters. The smallest absolute Gasteiger partial charge is 0.337 e. The lowest BCUT2D eigenvalue weighted by Gasteiger charge is -2.40. The van der Waals surface area contributed by atoms with Gasteiger partial charge in [-0.05, 0) is 44.2 Å². The summed E-state index contributed by atoms with van der Waals surface area (Å²) < 4.78 is 5.98. The first kappa shape index (κ1) is 15.8. The molecule has 1 aliphatic rings. The Hall–Kier alpha value is -1.55. The minimum Gasteiger partial charge on any atom is -0.478 e. The van der Waals surface area contributed by atoms with E-state index in [4.69, 9.17) is 4.74 Å². The molecular weight excluding hydrogens is 266 g/mol. The summed E-state index contributed by atoms with van der Waals surface area (Å²) in [6, 6.07) is 5.65. The van der Waals surface area contributed by atoms with Gasteiger partial charge in [0.15, 0.2) is 0 Å². The molecule has 1 unspecified atom stereocenters. The predicted octanol–water partition coefficient (Wildman–Crippen LogP) is 3.84. The summed E-state index contributed by atoms with van der Waals surface area (Å²) in [5.74, 6) is -0.884. The highest BCUT2D eigenvalue weighted by molar-refractivity contribution is 5.95. The summed E-state index contributed by atoms with van der Waals surface area (Å²) in [5, 5.41) is 12.8. The Morgan fingerprint density at radius 2 is 2.14 bits per heavy atom. The molecule has 0 aliphatic carbocycles. The fourth-order valence-electron chi connectivity index (χ4n) is 3.14. The van der Waals surface area contributed by atoms with Crippen LogP contribution in [0.25, 0.3) is 0 Å². The zero-order valence-corrected chi connectivity index (χ0v) is 13.1. The second-order valence-electron chi connectivity index (χ2n) is 5.88. The molecule has 116 valence electrons. The number of hydrogen-bond acceptors (Lipinski definition) is 3. The molecule has 21 heavy (non-hydrogen) atoms. The van der Waals surface area contributed by atoms with E-state index in [0.717, 1.165) is 43.5 Å². The number of carboxylic acids is 1. The Bertz CT molecular complexity index is 509. The number of carbonyl (C=O) groups is 1. The van der Waals surface area contributed by atoms with Gasteiger partial charge in [-0.1, -0.05) is 26.0 Å². The van der Waals surface area contributed by atoms with Gasteiger partial charge in [-0.25, -0.2) is 4.79 Å². The molecule has 2 N–H and O–H groups in total. The standard InChI is InChI=1S/C17H25NO3/c1-4-17(5-2)11-13(9-10-21-17)18-15-12(3)7-6-8-14(15)16(19)20/h6-8,13,18H,4-5,9-11H2,1-3H3,(H,19,20). The van der Waals surface area contributed by atoms with E-state index in [2.05, 4.69) is 19.2 Å². The van der Waals surface area contributed by atoms with Gasteiger partial charge in [0.2, 0.25) is 0 Å². The maximum Gasteiger partial charge on any atom is 0.337 e. The molecule has 1 saturated heterocycles. The van der Waals surface area contributed by atoms with Crippen LogP contribution in [0.15, 0.2) is 18.2 Å². The summed E-state index contributed by atoms with van der Waals surface area (Å²) in [5.41, 5.74) is 2.00. The lowest BCUT2D eigenvalue weighted by molar-refractivity contribution is -0.0864. The normalized spacial score (nSPS) is 21.0. The van der Waals surface area contributed by atoms with E-state index >= 15 is 0 Å². The monoisotopic (exact) mass is 291 g/mol. The maximum atomic E-state index is 11.4. The molecule has 4 heteroatoms. The van der Waals surface area contributed by atoms with Gasteiger partial charge in [0.1, 0.15) is 0 Å². The highest BCUT2D eigenvalue weighted by Crippen LogP contribution is 2.33. The number of rotatable bonds is 5. The van der Waals surface area contributed by atoms with Crippen LogP contribution in [0.4, 0.5) is 5.69 Å². The van der Waals surface area contributed by atoms with Crippen molar-refractivity contribution in [3.8, 4) is 0 Å². The Morgan fingerprint density at radius 1 is 1.43 bits per heavy atom. The first-order valence-electron chi connectivity index (χ1n) is 7.74. The minimum atomic E-state index is -0.884. The van der Waals surface area contributed by atoms with Crippen molar-refractivity contribution in [2.45, 2.75) is 58.1 Å². The topological polar surface area (TPSA) is 58.6 Å². The van der Waals surface area contributed by atoms with Crippen molar-refractivity contribution >= 4 is 11.7 Å². The first-order chi connectivity index (χ1) is 10.0. The average molecular weight is 291 g/mol. The van der Waals surface area contributed by atoms with Gasteiger partial charge < -0.3 is 15.2 Å². The second-order valence-corrected chi connectivity index (χ2v) is 5.88. The van der Waals surface area contributed by atoms with Gasteiger partial charge in [0.05, 0.1) is 16.9 Å².